The number of allylic oxidation sites excluding steroid dienone is 1. The maximum absolute atomic E-state index is 13.0. The van der Waals surface area contributed by atoms with Crippen LogP contribution in [0.2, 0.25) is 0 Å². The number of carbonyl (C=O) groups is 2. The Morgan fingerprint density at radius 1 is 1.19 bits per heavy atom. The first-order valence-corrected chi connectivity index (χ1v) is 10.8. The molecule has 5 nitrogen and oxygen atoms in total. The van der Waals surface area contributed by atoms with Gasteiger partial charge in [0.15, 0.2) is 5.78 Å². The van der Waals surface area contributed by atoms with Crippen LogP contribution < -0.4 is 15.4 Å². The molecular formula is C26H32N2O3. The summed E-state index contributed by atoms with van der Waals surface area (Å²) in [4.78, 5) is 25.2. The second kappa shape index (κ2) is 9.38. The number of nitrogens with one attached hydrogen (secondary N) is 2. The molecular weight excluding hydrogens is 388 g/mol. The second-order valence-electron chi connectivity index (χ2n) is 8.89. The Labute approximate surface area is 184 Å². The molecule has 2 N–H and O–H groups in total. The van der Waals surface area contributed by atoms with Gasteiger partial charge in [0.1, 0.15) is 5.75 Å². The van der Waals surface area contributed by atoms with E-state index in [9.17, 15) is 9.59 Å². The molecule has 0 aromatic heterocycles. The van der Waals surface area contributed by atoms with Gasteiger partial charge in [0.05, 0.1) is 7.11 Å². The lowest BCUT2D eigenvalue weighted by molar-refractivity contribution is -0.119. The van der Waals surface area contributed by atoms with Crippen LogP contribution in [0.3, 0.4) is 0 Å². The van der Waals surface area contributed by atoms with E-state index in [4.69, 9.17) is 4.74 Å². The average molecular weight is 421 g/mol. The van der Waals surface area contributed by atoms with Crippen LogP contribution in [0.5, 0.6) is 5.75 Å². The molecule has 1 heterocycles. The number of rotatable bonds is 7. The number of hydrogen-bond acceptors (Lipinski definition) is 4. The fraction of sp³-hybridized carbons (Fsp3) is 0.385. The minimum absolute atomic E-state index is 0.00207. The number of ether oxygens (including phenoxy) is 1. The van der Waals surface area contributed by atoms with Gasteiger partial charge in [-0.3, -0.25) is 9.59 Å². The van der Waals surface area contributed by atoms with Crippen LogP contribution in [0, 0.1) is 5.92 Å². The molecule has 164 valence electrons. The zero-order chi connectivity index (χ0) is 22.6. The molecule has 0 aliphatic carbocycles. The number of benzene rings is 2. The van der Waals surface area contributed by atoms with Gasteiger partial charge in [0, 0.05) is 40.0 Å². The lowest BCUT2D eigenvalue weighted by Crippen LogP contribution is -2.43. The molecule has 1 aliphatic heterocycles. The zero-order valence-corrected chi connectivity index (χ0v) is 19.0. The first-order valence-electron chi connectivity index (χ1n) is 10.8. The molecule has 5 heteroatoms. The van der Waals surface area contributed by atoms with Crippen molar-refractivity contribution in [1.82, 2.24) is 5.32 Å². The van der Waals surface area contributed by atoms with Crippen molar-refractivity contribution in [2.45, 2.75) is 52.5 Å². The summed E-state index contributed by atoms with van der Waals surface area (Å²) in [6.45, 7) is 8.23. The number of amides is 1. The van der Waals surface area contributed by atoms with Crippen molar-refractivity contribution in [2.75, 3.05) is 12.4 Å². The summed E-state index contributed by atoms with van der Waals surface area (Å²) in [6.07, 6.45) is 4.33. The van der Waals surface area contributed by atoms with E-state index >= 15 is 0 Å². The highest BCUT2D eigenvalue weighted by molar-refractivity contribution is 6.09. The van der Waals surface area contributed by atoms with Gasteiger partial charge in [-0.25, -0.2) is 0 Å². The third-order valence-corrected chi connectivity index (χ3v) is 5.59. The monoisotopic (exact) mass is 420 g/mol. The Morgan fingerprint density at radius 3 is 2.55 bits per heavy atom. The third kappa shape index (κ3) is 5.54. The molecule has 2 aromatic carbocycles. The van der Waals surface area contributed by atoms with E-state index in [0.29, 0.717) is 11.3 Å². The molecule has 0 bridgehead atoms. The van der Waals surface area contributed by atoms with Crippen LogP contribution in [0.1, 0.15) is 62.0 Å². The van der Waals surface area contributed by atoms with E-state index < -0.39 is 0 Å². The van der Waals surface area contributed by atoms with Gasteiger partial charge < -0.3 is 15.4 Å². The second-order valence-corrected chi connectivity index (χ2v) is 8.89. The van der Waals surface area contributed by atoms with Crippen LogP contribution in [-0.4, -0.2) is 24.3 Å². The van der Waals surface area contributed by atoms with E-state index in [2.05, 4.69) is 37.5 Å². The lowest BCUT2D eigenvalue weighted by atomic mass is 9.85. The molecule has 0 saturated carbocycles. The Bertz CT molecular complexity index is 990. The molecule has 3 rings (SSSR count). The summed E-state index contributed by atoms with van der Waals surface area (Å²) in [5.41, 5.74) is 4.08. The summed E-state index contributed by atoms with van der Waals surface area (Å²) >= 11 is 0. The molecule has 2 aromatic rings. The number of anilines is 1. The van der Waals surface area contributed by atoms with E-state index in [1.54, 1.807) is 37.5 Å². The molecule has 0 radical (unpaired) electrons. The number of methoxy groups -OCH3 is 1. The molecule has 1 amide bonds. The summed E-state index contributed by atoms with van der Waals surface area (Å²) in [5.74, 6) is 0.637. The molecule has 1 aliphatic rings. The summed E-state index contributed by atoms with van der Waals surface area (Å²) < 4.78 is 5.37. The summed E-state index contributed by atoms with van der Waals surface area (Å²) in [6, 6.07) is 13.0. The van der Waals surface area contributed by atoms with Crippen molar-refractivity contribution in [3.63, 3.8) is 0 Å². The molecule has 0 fully saturated rings. The van der Waals surface area contributed by atoms with Crippen LogP contribution in [-0.2, 0) is 11.2 Å². The van der Waals surface area contributed by atoms with E-state index in [-0.39, 0.29) is 23.1 Å². The van der Waals surface area contributed by atoms with Crippen LogP contribution in [0.4, 0.5) is 5.69 Å². The first kappa shape index (κ1) is 22.6. The topological polar surface area (TPSA) is 67.4 Å². The maximum atomic E-state index is 13.0. The van der Waals surface area contributed by atoms with Gasteiger partial charge in [0.25, 0.3) is 0 Å². The predicted octanol–water partition coefficient (Wildman–Crippen LogP) is 5.22. The zero-order valence-electron chi connectivity index (χ0n) is 19.0. The van der Waals surface area contributed by atoms with Crippen molar-refractivity contribution in [3.8, 4) is 5.75 Å². The number of carbonyl (C=O) groups excluding carboxylic acids is 2. The van der Waals surface area contributed by atoms with E-state index in [1.165, 1.54) is 5.56 Å². The van der Waals surface area contributed by atoms with Crippen LogP contribution in [0.25, 0.3) is 5.70 Å². The highest BCUT2D eigenvalue weighted by Crippen LogP contribution is 2.32. The van der Waals surface area contributed by atoms with Crippen molar-refractivity contribution in [1.29, 1.82) is 0 Å². The predicted molar refractivity (Wildman–Crippen MR) is 125 cm³/mol. The van der Waals surface area contributed by atoms with E-state index in [0.717, 1.165) is 36.3 Å². The molecule has 31 heavy (non-hydrogen) atoms. The Morgan fingerprint density at radius 2 is 1.90 bits per heavy atom. The van der Waals surface area contributed by atoms with Gasteiger partial charge in [0.2, 0.25) is 5.91 Å². The van der Waals surface area contributed by atoms with Crippen molar-refractivity contribution in [2.24, 2.45) is 5.92 Å². The Balaban J connectivity index is 1.81. The molecule has 1 unspecified atom stereocenters. The molecule has 0 spiro atoms. The number of fused-ring (bicyclic) bond motifs is 1. The highest BCUT2D eigenvalue weighted by atomic mass is 16.5. The quantitative estimate of drug-likeness (QED) is 0.476. The van der Waals surface area contributed by atoms with Gasteiger partial charge >= 0.3 is 0 Å². The standard InChI is InChI=1S/C26H32N2O3/c1-6-7-17(2)25(30)27-20-11-8-18(9-12-20)24(29)15-23-22-14-21(31-5)13-10-19(22)16-26(3,4)28-23/h8-15,17,28H,6-7,16H2,1-5H3,(H,27,30)/b23-15-. The SMILES string of the molecule is CCCC(C)C(=O)Nc1ccc(C(=O)/C=C2\NC(C)(C)Cc3ccc(OC)cc32)cc1. The van der Waals surface area contributed by atoms with Crippen molar-refractivity contribution < 1.29 is 14.3 Å². The summed E-state index contributed by atoms with van der Waals surface area (Å²) in [5, 5.41) is 6.41. The lowest BCUT2D eigenvalue weighted by Gasteiger charge is -2.35. The fourth-order valence-corrected chi connectivity index (χ4v) is 3.92. The number of hydrogen-bond donors (Lipinski definition) is 2. The van der Waals surface area contributed by atoms with Crippen molar-refractivity contribution >= 4 is 23.1 Å². The third-order valence-electron chi connectivity index (χ3n) is 5.59. The Kier molecular flexibility index (Phi) is 6.84. The molecule has 0 saturated heterocycles. The highest BCUT2D eigenvalue weighted by Gasteiger charge is 2.28. The normalized spacial score (nSPS) is 16.7. The number of ketones is 1. The van der Waals surface area contributed by atoms with Crippen molar-refractivity contribution in [3.05, 3.63) is 65.2 Å². The van der Waals surface area contributed by atoms with Gasteiger partial charge in [-0.15, -0.1) is 0 Å². The van der Waals surface area contributed by atoms with Gasteiger partial charge in [-0.1, -0.05) is 26.3 Å². The maximum Gasteiger partial charge on any atom is 0.227 e. The minimum Gasteiger partial charge on any atom is -0.497 e. The average Bonchev–Trinajstić information content (AvgIpc) is 2.73. The minimum atomic E-state index is -0.156. The molecule has 1 atom stereocenters. The van der Waals surface area contributed by atoms with Crippen LogP contribution >= 0.6 is 0 Å². The van der Waals surface area contributed by atoms with E-state index in [1.807, 2.05) is 19.1 Å². The summed E-state index contributed by atoms with van der Waals surface area (Å²) in [7, 11) is 1.64. The fourth-order valence-electron chi connectivity index (χ4n) is 3.92. The van der Waals surface area contributed by atoms with Gasteiger partial charge in [-0.05, 0) is 68.7 Å². The first-order chi connectivity index (χ1) is 14.7. The smallest absolute Gasteiger partial charge is 0.227 e. The Hall–Kier alpha value is -3.08. The van der Waals surface area contributed by atoms with Gasteiger partial charge in [-0.2, -0.15) is 0 Å². The van der Waals surface area contributed by atoms with Crippen LogP contribution in [0.15, 0.2) is 48.5 Å². The largest absolute Gasteiger partial charge is 0.497 e.